The van der Waals surface area contributed by atoms with Gasteiger partial charge in [-0.1, -0.05) is 30.3 Å². The monoisotopic (exact) mass is 282 g/mol. The Balaban J connectivity index is 1.64. The van der Waals surface area contributed by atoms with Gasteiger partial charge in [0.1, 0.15) is 12.4 Å². The van der Waals surface area contributed by atoms with Crippen LogP contribution in [0.4, 0.5) is 0 Å². The van der Waals surface area contributed by atoms with E-state index in [0.29, 0.717) is 12.1 Å². The molecule has 0 saturated carbocycles. The fourth-order valence-electron chi connectivity index (χ4n) is 2.75. The van der Waals surface area contributed by atoms with Crippen molar-refractivity contribution in [3.8, 4) is 5.75 Å². The molecular weight excluding hydrogens is 263 g/mol. The molecule has 2 aromatic rings. The Morgan fingerprint density at radius 1 is 0.905 bits per heavy atom. The van der Waals surface area contributed by atoms with Crippen LogP contribution in [0, 0.1) is 0 Å². The second-order valence-corrected chi connectivity index (χ2v) is 5.54. The summed E-state index contributed by atoms with van der Waals surface area (Å²) in [5, 5.41) is 18.1. The molecule has 0 atom stereocenters. The van der Waals surface area contributed by atoms with Crippen LogP contribution in [0.1, 0.15) is 29.5 Å². The number of benzene rings is 2. The first-order chi connectivity index (χ1) is 10.2. The molecule has 21 heavy (non-hydrogen) atoms. The van der Waals surface area contributed by atoms with E-state index in [1.807, 2.05) is 18.2 Å². The maximum Gasteiger partial charge on any atom is 0.488 e. The SMILES string of the molecule is OB(O)c1ccc(COc2ccc3c(c2)CCCC3)cc1. The zero-order chi connectivity index (χ0) is 14.7. The smallest absolute Gasteiger partial charge is 0.488 e. The molecule has 2 aromatic carbocycles. The molecule has 2 N–H and O–H groups in total. The average molecular weight is 282 g/mol. The Morgan fingerprint density at radius 3 is 2.33 bits per heavy atom. The Morgan fingerprint density at radius 2 is 1.62 bits per heavy atom. The molecule has 1 aliphatic carbocycles. The van der Waals surface area contributed by atoms with E-state index in [2.05, 4.69) is 12.1 Å². The van der Waals surface area contributed by atoms with Crippen molar-refractivity contribution in [1.82, 2.24) is 0 Å². The lowest BCUT2D eigenvalue weighted by atomic mass is 9.80. The zero-order valence-electron chi connectivity index (χ0n) is 12.0. The Bertz CT molecular complexity index is 608. The van der Waals surface area contributed by atoms with Crippen molar-refractivity contribution in [2.45, 2.75) is 32.3 Å². The summed E-state index contributed by atoms with van der Waals surface area (Å²) in [6.45, 7) is 0.487. The third-order valence-electron chi connectivity index (χ3n) is 4.00. The lowest BCUT2D eigenvalue weighted by Gasteiger charge is -2.16. The number of hydrogen-bond acceptors (Lipinski definition) is 3. The summed E-state index contributed by atoms with van der Waals surface area (Å²) in [4.78, 5) is 0. The van der Waals surface area contributed by atoms with Crippen LogP contribution in [0.25, 0.3) is 0 Å². The number of aryl methyl sites for hydroxylation is 2. The molecule has 4 heteroatoms. The summed E-state index contributed by atoms with van der Waals surface area (Å²) in [6.07, 6.45) is 4.88. The maximum atomic E-state index is 9.06. The van der Waals surface area contributed by atoms with Crippen molar-refractivity contribution in [2.75, 3.05) is 0 Å². The van der Waals surface area contributed by atoms with Crippen LogP contribution in [0.3, 0.4) is 0 Å². The summed E-state index contributed by atoms with van der Waals surface area (Å²) in [7, 11) is -1.42. The van der Waals surface area contributed by atoms with Gasteiger partial charge in [0, 0.05) is 0 Å². The first kappa shape index (κ1) is 14.2. The number of hydrogen-bond donors (Lipinski definition) is 2. The van der Waals surface area contributed by atoms with Gasteiger partial charge in [0.2, 0.25) is 0 Å². The minimum absolute atomic E-state index is 0.487. The summed E-state index contributed by atoms with van der Waals surface area (Å²) in [6, 6.07) is 13.5. The van der Waals surface area contributed by atoms with Gasteiger partial charge in [0.25, 0.3) is 0 Å². The largest absolute Gasteiger partial charge is 0.489 e. The number of fused-ring (bicyclic) bond motifs is 1. The maximum absolute atomic E-state index is 9.06. The molecule has 108 valence electrons. The molecule has 0 bridgehead atoms. The van der Waals surface area contributed by atoms with Gasteiger partial charge in [0.05, 0.1) is 0 Å². The molecule has 0 amide bonds. The lowest BCUT2D eigenvalue weighted by molar-refractivity contribution is 0.305. The molecule has 0 spiro atoms. The van der Waals surface area contributed by atoms with Gasteiger partial charge in [-0.2, -0.15) is 0 Å². The van der Waals surface area contributed by atoms with E-state index in [-0.39, 0.29) is 0 Å². The molecule has 0 unspecified atom stereocenters. The van der Waals surface area contributed by atoms with Gasteiger partial charge in [-0.3, -0.25) is 0 Å². The second-order valence-electron chi connectivity index (χ2n) is 5.54. The highest BCUT2D eigenvalue weighted by atomic mass is 16.5. The topological polar surface area (TPSA) is 49.7 Å². The Kier molecular flexibility index (Phi) is 4.27. The van der Waals surface area contributed by atoms with Crippen LogP contribution < -0.4 is 10.2 Å². The molecule has 0 aliphatic heterocycles. The normalized spacial score (nSPS) is 13.6. The highest BCUT2D eigenvalue weighted by molar-refractivity contribution is 6.58. The first-order valence-electron chi connectivity index (χ1n) is 7.42. The van der Waals surface area contributed by atoms with Gasteiger partial charge in [-0.05, 0) is 60.0 Å². The van der Waals surface area contributed by atoms with E-state index in [4.69, 9.17) is 14.8 Å². The summed E-state index contributed by atoms with van der Waals surface area (Å²) < 4.78 is 5.83. The standard InChI is InChI=1S/C17H19BO3/c19-18(20)16-8-5-13(6-9-16)12-21-17-10-7-14-3-1-2-4-15(14)11-17/h5-11,19-20H,1-4,12H2. The third kappa shape index (κ3) is 3.46. The van der Waals surface area contributed by atoms with Crippen molar-refractivity contribution in [3.05, 3.63) is 59.2 Å². The van der Waals surface area contributed by atoms with Crippen molar-refractivity contribution < 1.29 is 14.8 Å². The molecule has 0 aromatic heterocycles. The zero-order valence-corrected chi connectivity index (χ0v) is 12.0. The molecule has 0 saturated heterocycles. The molecule has 0 fully saturated rings. The van der Waals surface area contributed by atoms with Crippen molar-refractivity contribution in [3.63, 3.8) is 0 Å². The minimum Gasteiger partial charge on any atom is -0.489 e. The van der Waals surface area contributed by atoms with Crippen LogP contribution in [0.5, 0.6) is 5.75 Å². The van der Waals surface area contributed by atoms with Gasteiger partial charge in [-0.15, -0.1) is 0 Å². The third-order valence-corrected chi connectivity index (χ3v) is 4.00. The summed E-state index contributed by atoms with van der Waals surface area (Å²) >= 11 is 0. The summed E-state index contributed by atoms with van der Waals surface area (Å²) in [5.41, 5.74) is 4.37. The lowest BCUT2D eigenvalue weighted by Crippen LogP contribution is -2.29. The fourth-order valence-corrected chi connectivity index (χ4v) is 2.75. The van der Waals surface area contributed by atoms with E-state index in [1.165, 1.54) is 30.4 Å². The van der Waals surface area contributed by atoms with Crippen LogP contribution in [-0.2, 0) is 19.4 Å². The van der Waals surface area contributed by atoms with E-state index in [9.17, 15) is 0 Å². The van der Waals surface area contributed by atoms with Crippen molar-refractivity contribution >= 4 is 12.6 Å². The predicted octanol–water partition coefficient (Wildman–Crippen LogP) is 1.82. The molecule has 0 radical (unpaired) electrons. The van der Waals surface area contributed by atoms with Crippen molar-refractivity contribution in [1.29, 1.82) is 0 Å². The molecule has 3 rings (SSSR count). The Hall–Kier alpha value is -1.78. The average Bonchev–Trinajstić information content (AvgIpc) is 2.53. The number of rotatable bonds is 4. The summed E-state index contributed by atoms with van der Waals surface area (Å²) in [5.74, 6) is 0.905. The van der Waals surface area contributed by atoms with E-state index >= 15 is 0 Å². The number of ether oxygens (including phenoxy) is 1. The van der Waals surface area contributed by atoms with Crippen molar-refractivity contribution in [2.24, 2.45) is 0 Å². The fraction of sp³-hybridized carbons (Fsp3) is 0.294. The van der Waals surface area contributed by atoms with Crippen LogP contribution in [-0.4, -0.2) is 17.2 Å². The second kappa shape index (κ2) is 6.33. The molecular formula is C17H19BO3. The van der Waals surface area contributed by atoms with Gasteiger partial charge < -0.3 is 14.8 Å². The molecule has 0 heterocycles. The highest BCUT2D eigenvalue weighted by Crippen LogP contribution is 2.25. The Labute approximate surface area is 125 Å². The quantitative estimate of drug-likeness (QED) is 0.841. The van der Waals surface area contributed by atoms with Crippen LogP contribution >= 0.6 is 0 Å². The van der Waals surface area contributed by atoms with E-state index in [1.54, 1.807) is 12.1 Å². The minimum atomic E-state index is -1.42. The molecule has 1 aliphatic rings. The van der Waals surface area contributed by atoms with E-state index in [0.717, 1.165) is 17.7 Å². The molecule has 3 nitrogen and oxygen atoms in total. The van der Waals surface area contributed by atoms with E-state index < -0.39 is 7.12 Å². The highest BCUT2D eigenvalue weighted by Gasteiger charge is 2.11. The predicted molar refractivity (Wildman–Crippen MR) is 83.7 cm³/mol. The van der Waals surface area contributed by atoms with Crippen LogP contribution in [0.2, 0.25) is 0 Å². The van der Waals surface area contributed by atoms with Gasteiger partial charge >= 0.3 is 7.12 Å². The van der Waals surface area contributed by atoms with Gasteiger partial charge in [-0.25, -0.2) is 0 Å². The van der Waals surface area contributed by atoms with Crippen LogP contribution in [0.15, 0.2) is 42.5 Å². The first-order valence-corrected chi connectivity index (χ1v) is 7.42. The van der Waals surface area contributed by atoms with Gasteiger partial charge in [0.15, 0.2) is 0 Å².